The third-order valence-corrected chi connectivity index (χ3v) is 4.47. The summed E-state index contributed by atoms with van der Waals surface area (Å²) in [4.78, 5) is 15.2. The first-order chi connectivity index (χ1) is 8.32. The molecular formula is C15H28N2O. The highest BCUT2D eigenvalue weighted by atomic mass is 16.1. The van der Waals surface area contributed by atoms with E-state index in [9.17, 15) is 4.79 Å². The van der Waals surface area contributed by atoms with E-state index in [1.165, 1.54) is 6.42 Å². The maximum absolute atomic E-state index is 12.7. The molecule has 0 aromatic carbocycles. The van der Waals surface area contributed by atoms with Crippen LogP contribution in [0.4, 0.5) is 0 Å². The van der Waals surface area contributed by atoms with Crippen LogP contribution < -0.4 is 5.32 Å². The average Bonchev–Trinajstić information content (AvgIpc) is 2.65. The summed E-state index contributed by atoms with van der Waals surface area (Å²) >= 11 is 0. The topological polar surface area (TPSA) is 32.3 Å². The van der Waals surface area contributed by atoms with E-state index in [1.54, 1.807) is 0 Å². The summed E-state index contributed by atoms with van der Waals surface area (Å²) in [6.07, 6.45) is 2.24. The van der Waals surface area contributed by atoms with E-state index in [4.69, 9.17) is 0 Å². The largest absolute Gasteiger partial charge is 0.316 e. The molecule has 18 heavy (non-hydrogen) atoms. The highest BCUT2D eigenvalue weighted by molar-refractivity contribution is 5.89. The molecular weight excluding hydrogens is 224 g/mol. The van der Waals surface area contributed by atoms with Gasteiger partial charge in [-0.25, -0.2) is 0 Å². The minimum Gasteiger partial charge on any atom is -0.316 e. The van der Waals surface area contributed by atoms with Gasteiger partial charge in [-0.3, -0.25) is 9.69 Å². The van der Waals surface area contributed by atoms with Gasteiger partial charge in [-0.2, -0.15) is 0 Å². The molecule has 0 amide bonds. The molecule has 0 radical (unpaired) electrons. The highest BCUT2D eigenvalue weighted by Crippen LogP contribution is 2.38. The summed E-state index contributed by atoms with van der Waals surface area (Å²) in [6.45, 7) is 12.8. The first kappa shape index (κ1) is 14.0. The van der Waals surface area contributed by atoms with Crippen molar-refractivity contribution in [3.05, 3.63) is 0 Å². The number of rotatable bonds is 2. The van der Waals surface area contributed by atoms with Gasteiger partial charge in [0.2, 0.25) is 0 Å². The third kappa shape index (κ3) is 2.48. The van der Waals surface area contributed by atoms with Gasteiger partial charge in [0.25, 0.3) is 0 Å². The normalized spacial score (nSPS) is 33.8. The second-order valence-corrected chi connectivity index (χ2v) is 7.23. The lowest BCUT2D eigenvalue weighted by Crippen LogP contribution is -2.51. The van der Waals surface area contributed by atoms with Crippen LogP contribution in [0.25, 0.3) is 0 Å². The molecule has 0 aromatic heterocycles. The van der Waals surface area contributed by atoms with Gasteiger partial charge < -0.3 is 5.32 Å². The molecule has 2 heterocycles. The smallest absolute Gasteiger partial charge is 0.155 e. The van der Waals surface area contributed by atoms with Crippen LogP contribution >= 0.6 is 0 Å². The van der Waals surface area contributed by atoms with Crippen LogP contribution in [0.2, 0.25) is 0 Å². The van der Waals surface area contributed by atoms with Crippen molar-refractivity contribution in [1.82, 2.24) is 10.2 Å². The molecule has 2 fully saturated rings. The van der Waals surface area contributed by atoms with Crippen LogP contribution in [0, 0.1) is 11.3 Å². The summed E-state index contributed by atoms with van der Waals surface area (Å²) in [6, 6.07) is 1.22. The van der Waals surface area contributed by atoms with Gasteiger partial charge in [-0.1, -0.05) is 20.8 Å². The molecule has 3 unspecified atom stereocenters. The van der Waals surface area contributed by atoms with E-state index in [0.717, 1.165) is 19.5 Å². The lowest BCUT2D eigenvalue weighted by molar-refractivity contribution is -0.132. The molecule has 0 spiro atoms. The summed E-state index contributed by atoms with van der Waals surface area (Å²) in [7, 11) is 0. The number of ketones is 1. The van der Waals surface area contributed by atoms with Gasteiger partial charge in [0.1, 0.15) is 0 Å². The first-order valence-corrected chi connectivity index (χ1v) is 7.35. The van der Waals surface area contributed by atoms with Gasteiger partial charge in [-0.15, -0.1) is 0 Å². The van der Waals surface area contributed by atoms with Gasteiger partial charge in [0.15, 0.2) is 5.78 Å². The van der Waals surface area contributed by atoms with E-state index >= 15 is 0 Å². The predicted molar refractivity (Wildman–Crippen MR) is 74.6 cm³/mol. The van der Waals surface area contributed by atoms with Gasteiger partial charge in [0, 0.05) is 17.5 Å². The Labute approximate surface area is 111 Å². The molecule has 0 bridgehead atoms. The molecule has 0 saturated carbocycles. The summed E-state index contributed by atoms with van der Waals surface area (Å²) < 4.78 is 0. The van der Waals surface area contributed by atoms with Crippen molar-refractivity contribution in [2.24, 2.45) is 11.3 Å². The Hall–Kier alpha value is -0.410. The summed E-state index contributed by atoms with van der Waals surface area (Å²) in [5.41, 5.74) is -0.223. The maximum atomic E-state index is 12.7. The van der Waals surface area contributed by atoms with Crippen molar-refractivity contribution in [1.29, 1.82) is 0 Å². The lowest BCUT2D eigenvalue weighted by Gasteiger charge is -2.38. The molecule has 0 aliphatic carbocycles. The average molecular weight is 252 g/mol. The fourth-order valence-electron chi connectivity index (χ4n) is 3.67. The number of carbonyl (C=O) groups excluding carboxylic acids is 1. The lowest BCUT2D eigenvalue weighted by atomic mass is 9.84. The van der Waals surface area contributed by atoms with E-state index < -0.39 is 0 Å². The molecule has 2 aliphatic rings. The summed E-state index contributed by atoms with van der Waals surface area (Å²) in [5.74, 6) is 1.09. The fourth-order valence-corrected chi connectivity index (χ4v) is 3.67. The zero-order valence-electron chi connectivity index (χ0n) is 12.5. The fraction of sp³-hybridized carbons (Fsp3) is 0.933. The number of fused-ring (bicyclic) bond motifs is 1. The van der Waals surface area contributed by atoms with Crippen LogP contribution in [-0.2, 0) is 4.79 Å². The van der Waals surface area contributed by atoms with Gasteiger partial charge in [-0.05, 0) is 45.7 Å². The number of hydrogen-bond acceptors (Lipinski definition) is 3. The molecule has 104 valence electrons. The Morgan fingerprint density at radius 3 is 2.56 bits per heavy atom. The SMILES string of the molecule is CC(C)N1C(C(=O)C(C)(C)C)CC2CNCCC21. The predicted octanol–water partition coefficient (Wildman–Crippen LogP) is 2.06. The van der Waals surface area contributed by atoms with E-state index in [-0.39, 0.29) is 11.5 Å². The first-order valence-electron chi connectivity index (χ1n) is 7.35. The third-order valence-electron chi connectivity index (χ3n) is 4.47. The van der Waals surface area contributed by atoms with Crippen LogP contribution in [0.15, 0.2) is 0 Å². The van der Waals surface area contributed by atoms with E-state index in [0.29, 0.717) is 23.8 Å². The molecule has 2 rings (SSSR count). The monoisotopic (exact) mass is 252 g/mol. The van der Waals surface area contributed by atoms with Crippen molar-refractivity contribution >= 4 is 5.78 Å². The Morgan fingerprint density at radius 2 is 2.00 bits per heavy atom. The van der Waals surface area contributed by atoms with Crippen LogP contribution in [0.1, 0.15) is 47.5 Å². The van der Waals surface area contributed by atoms with Crippen molar-refractivity contribution in [3.63, 3.8) is 0 Å². The second kappa shape index (κ2) is 4.93. The Bertz CT molecular complexity index is 319. The zero-order chi connectivity index (χ0) is 13.5. The van der Waals surface area contributed by atoms with Crippen LogP contribution in [-0.4, -0.2) is 41.9 Å². The van der Waals surface area contributed by atoms with Gasteiger partial charge in [0.05, 0.1) is 6.04 Å². The number of hydrogen-bond donors (Lipinski definition) is 1. The second-order valence-electron chi connectivity index (χ2n) is 7.23. The molecule has 3 atom stereocenters. The number of carbonyl (C=O) groups is 1. The van der Waals surface area contributed by atoms with Crippen molar-refractivity contribution < 1.29 is 4.79 Å². The molecule has 2 aliphatic heterocycles. The zero-order valence-corrected chi connectivity index (χ0v) is 12.5. The highest BCUT2D eigenvalue weighted by Gasteiger charge is 2.47. The Balaban J connectivity index is 2.21. The minimum atomic E-state index is -0.223. The number of likely N-dealkylation sites (tertiary alicyclic amines) is 1. The van der Waals surface area contributed by atoms with E-state index in [1.807, 2.05) is 20.8 Å². The molecule has 3 nitrogen and oxygen atoms in total. The number of nitrogens with zero attached hydrogens (tertiary/aromatic N) is 1. The van der Waals surface area contributed by atoms with Crippen molar-refractivity contribution in [2.45, 2.75) is 65.6 Å². The van der Waals surface area contributed by atoms with Gasteiger partial charge >= 0.3 is 0 Å². The number of piperidine rings is 1. The molecule has 2 saturated heterocycles. The van der Waals surface area contributed by atoms with Crippen LogP contribution in [0.5, 0.6) is 0 Å². The summed E-state index contributed by atoms with van der Waals surface area (Å²) in [5, 5.41) is 3.48. The number of Topliss-reactive ketones (excluding diaryl/α,β-unsaturated/α-hetero) is 1. The molecule has 1 N–H and O–H groups in total. The molecule has 3 heteroatoms. The van der Waals surface area contributed by atoms with Crippen molar-refractivity contribution in [3.8, 4) is 0 Å². The minimum absolute atomic E-state index is 0.139. The Kier molecular flexibility index (Phi) is 3.84. The molecule has 0 aromatic rings. The standard InChI is InChI=1S/C15H28N2O/c1-10(2)17-12-6-7-16-9-11(12)8-13(17)14(18)15(3,4)5/h10-13,16H,6-9H2,1-5H3. The van der Waals surface area contributed by atoms with Crippen molar-refractivity contribution in [2.75, 3.05) is 13.1 Å². The maximum Gasteiger partial charge on any atom is 0.155 e. The quantitative estimate of drug-likeness (QED) is 0.816. The number of nitrogens with one attached hydrogen (secondary N) is 1. The van der Waals surface area contributed by atoms with E-state index in [2.05, 4.69) is 24.1 Å². The Morgan fingerprint density at radius 1 is 1.33 bits per heavy atom. The van der Waals surface area contributed by atoms with Crippen LogP contribution in [0.3, 0.4) is 0 Å².